The Morgan fingerprint density at radius 3 is 2.95 bits per heavy atom. The maximum Gasteiger partial charge on any atom is 0.313 e. The van der Waals surface area contributed by atoms with Crippen LogP contribution in [0.5, 0.6) is 0 Å². The van der Waals surface area contributed by atoms with E-state index in [0.717, 1.165) is 21.8 Å². The molecule has 5 nitrogen and oxygen atoms in total. The lowest BCUT2D eigenvalue weighted by molar-refractivity contribution is -0.133. The van der Waals surface area contributed by atoms with Crippen LogP contribution in [0.25, 0.3) is 11.0 Å². The van der Waals surface area contributed by atoms with Crippen LogP contribution < -0.4 is 0 Å². The number of carboxylic acid groups (broad SMARTS) is 1. The first-order chi connectivity index (χ1) is 10.0. The molecule has 0 spiro atoms. The van der Waals surface area contributed by atoms with Crippen molar-refractivity contribution < 1.29 is 14.6 Å². The molecule has 0 aliphatic rings. The van der Waals surface area contributed by atoms with Gasteiger partial charge in [-0.25, -0.2) is 4.98 Å². The van der Waals surface area contributed by atoms with Gasteiger partial charge in [0.05, 0.1) is 29.4 Å². The van der Waals surface area contributed by atoms with Crippen LogP contribution in [0.3, 0.4) is 0 Å². The van der Waals surface area contributed by atoms with Crippen molar-refractivity contribution in [3.8, 4) is 0 Å². The molecule has 0 aliphatic heterocycles. The summed E-state index contributed by atoms with van der Waals surface area (Å²) in [5, 5.41) is 9.62. The number of aryl methyl sites for hydroxylation is 1. The van der Waals surface area contributed by atoms with Gasteiger partial charge in [0.25, 0.3) is 0 Å². The third-order valence-corrected chi connectivity index (χ3v) is 4.15. The van der Waals surface area contributed by atoms with Gasteiger partial charge in [0.2, 0.25) is 0 Å². The SMILES string of the molecule is CCOCC(C)n1c(SCC(=O)O)nc2cccc(C)c21. The van der Waals surface area contributed by atoms with E-state index in [2.05, 4.69) is 16.5 Å². The van der Waals surface area contributed by atoms with E-state index >= 15 is 0 Å². The van der Waals surface area contributed by atoms with Gasteiger partial charge in [0, 0.05) is 6.61 Å². The van der Waals surface area contributed by atoms with Crippen LogP contribution in [0, 0.1) is 6.92 Å². The summed E-state index contributed by atoms with van der Waals surface area (Å²) in [7, 11) is 0. The molecule has 0 saturated carbocycles. The summed E-state index contributed by atoms with van der Waals surface area (Å²) in [5.41, 5.74) is 3.08. The van der Waals surface area contributed by atoms with Crippen LogP contribution in [-0.2, 0) is 9.53 Å². The Bertz CT molecular complexity index is 639. The maximum absolute atomic E-state index is 10.8. The van der Waals surface area contributed by atoms with Crippen molar-refractivity contribution in [3.63, 3.8) is 0 Å². The Morgan fingerprint density at radius 2 is 2.29 bits per heavy atom. The summed E-state index contributed by atoms with van der Waals surface area (Å²) in [6.45, 7) is 7.31. The number of nitrogens with zero attached hydrogens (tertiary/aromatic N) is 2. The predicted octanol–water partition coefficient (Wildman–Crippen LogP) is 3.12. The minimum absolute atomic E-state index is 0.00369. The van der Waals surface area contributed by atoms with Crippen LogP contribution in [0.4, 0.5) is 0 Å². The number of benzene rings is 1. The number of hydrogen-bond acceptors (Lipinski definition) is 4. The van der Waals surface area contributed by atoms with Crippen molar-refractivity contribution in [1.29, 1.82) is 0 Å². The summed E-state index contributed by atoms with van der Waals surface area (Å²) >= 11 is 1.25. The predicted molar refractivity (Wildman–Crippen MR) is 84.0 cm³/mol. The zero-order chi connectivity index (χ0) is 15.4. The molecule has 0 radical (unpaired) electrons. The van der Waals surface area contributed by atoms with Crippen molar-refractivity contribution in [2.75, 3.05) is 19.0 Å². The lowest BCUT2D eigenvalue weighted by Gasteiger charge is -2.17. The van der Waals surface area contributed by atoms with E-state index in [-0.39, 0.29) is 11.8 Å². The molecule has 1 N–H and O–H groups in total. The van der Waals surface area contributed by atoms with E-state index in [1.54, 1.807) is 0 Å². The van der Waals surface area contributed by atoms with Crippen LogP contribution in [0.15, 0.2) is 23.4 Å². The maximum atomic E-state index is 10.8. The average molecular weight is 308 g/mol. The molecule has 6 heteroatoms. The van der Waals surface area contributed by atoms with Crippen LogP contribution in [0.1, 0.15) is 25.5 Å². The van der Waals surface area contributed by atoms with Crippen molar-refractivity contribution in [2.45, 2.75) is 32.0 Å². The molecule has 0 aliphatic carbocycles. The summed E-state index contributed by atoms with van der Waals surface area (Å²) in [6, 6.07) is 6.07. The fourth-order valence-corrected chi connectivity index (χ4v) is 3.13. The fourth-order valence-electron chi connectivity index (χ4n) is 2.30. The molecule has 1 aromatic carbocycles. The molecule has 0 bridgehead atoms. The van der Waals surface area contributed by atoms with E-state index in [9.17, 15) is 4.79 Å². The first-order valence-electron chi connectivity index (χ1n) is 6.94. The third kappa shape index (κ3) is 3.57. The second-order valence-electron chi connectivity index (χ2n) is 4.90. The molecule has 1 aromatic heterocycles. The molecule has 1 atom stereocenters. The van der Waals surface area contributed by atoms with Crippen molar-refractivity contribution >= 4 is 28.8 Å². The molecule has 1 unspecified atom stereocenters. The molecule has 1 heterocycles. The van der Waals surface area contributed by atoms with Crippen LogP contribution in [-0.4, -0.2) is 39.6 Å². The zero-order valence-corrected chi connectivity index (χ0v) is 13.3. The number of carboxylic acids is 1. The fraction of sp³-hybridized carbons (Fsp3) is 0.467. The Kier molecular flexibility index (Phi) is 5.25. The van der Waals surface area contributed by atoms with E-state index < -0.39 is 5.97 Å². The largest absolute Gasteiger partial charge is 0.481 e. The topological polar surface area (TPSA) is 64.3 Å². The number of thioether (sulfide) groups is 1. The number of hydrogen-bond donors (Lipinski definition) is 1. The quantitative estimate of drug-likeness (QED) is 0.796. The number of rotatable bonds is 7. The highest BCUT2D eigenvalue weighted by molar-refractivity contribution is 7.99. The first kappa shape index (κ1) is 15.9. The normalized spacial score (nSPS) is 12.7. The monoisotopic (exact) mass is 308 g/mol. The molecule has 2 rings (SSSR count). The lowest BCUT2D eigenvalue weighted by atomic mass is 10.2. The summed E-state index contributed by atoms with van der Waals surface area (Å²) in [6.07, 6.45) is 0. The second-order valence-corrected chi connectivity index (χ2v) is 5.84. The number of aromatic nitrogens is 2. The Morgan fingerprint density at radius 1 is 1.52 bits per heavy atom. The number of aliphatic carboxylic acids is 1. The number of imidazole rings is 1. The highest BCUT2D eigenvalue weighted by Crippen LogP contribution is 2.29. The minimum atomic E-state index is -0.840. The van der Waals surface area contributed by atoms with Gasteiger partial charge in [0.15, 0.2) is 5.16 Å². The van der Waals surface area contributed by atoms with Gasteiger partial charge < -0.3 is 14.4 Å². The molecule has 21 heavy (non-hydrogen) atoms. The zero-order valence-electron chi connectivity index (χ0n) is 12.5. The van der Waals surface area contributed by atoms with Crippen LogP contribution in [0.2, 0.25) is 0 Å². The number of fused-ring (bicyclic) bond motifs is 1. The van der Waals surface area contributed by atoms with Gasteiger partial charge in [-0.2, -0.15) is 0 Å². The van der Waals surface area contributed by atoms with E-state index in [0.29, 0.717) is 13.2 Å². The van der Waals surface area contributed by atoms with Crippen molar-refractivity contribution in [1.82, 2.24) is 9.55 Å². The Hall–Kier alpha value is -1.53. The highest BCUT2D eigenvalue weighted by Gasteiger charge is 2.18. The minimum Gasteiger partial charge on any atom is -0.481 e. The number of ether oxygens (including phenoxy) is 1. The van der Waals surface area contributed by atoms with Gasteiger partial charge in [0.1, 0.15) is 0 Å². The molecule has 0 amide bonds. The Balaban J connectivity index is 2.45. The van der Waals surface area contributed by atoms with E-state index in [1.165, 1.54) is 11.8 Å². The number of para-hydroxylation sites is 1. The van der Waals surface area contributed by atoms with Crippen molar-refractivity contribution in [3.05, 3.63) is 23.8 Å². The van der Waals surface area contributed by atoms with Gasteiger partial charge in [-0.1, -0.05) is 23.9 Å². The van der Waals surface area contributed by atoms with E-state index in [4.69, 9.17) is 9.84 Å². The summed E-state index contributed by atoms with van der Waals surface area (Å²) < 4.78 is 7.61. The summed E-state index contributed by atoms with van der Waals surface area (Å²) in [5.74, 6) is -0.836. The second kappa shape index (κ2) is 6.95. The third-order valence-electron chi connectivity index (χ3n) is 3.21. The summed E-state index contributed by atoms with van der Waals surface area (Å²) in [4.78, 5) is 15.4. The average Bonchev–Trinajstić information content (AvgIpc) is 2.82. The smallest absolute Gasteiger partial charge is 0.313 e. The molecular formula is C15H20N2O3S. The van der Waals surface area contributed by atoms with Gasteiger partial charge in [-0.15, -0.1) is 0 Å². The van der Waals surface area contributed by atoms with Crippen LogP contribution >= 0.6 is 11.8 Å². The molecule has 2 aromatic rings. The van der Waals surface area contributed by atoms with Crippen molar-refractivity contribution in [2.24, 2.45) is 0 Å². The van der Waals surface area contributed by atoms with E-state index in [1.807, 2.05) is 32.0 Å². The lowest BCUT2D eigenvalue weighted by Crippen LogP contribution is -2.14. The first-order valence-corrected chi connectivity index (χ1v) is 7.93. The number of carbonyl (C=O) groups is 1. The molecule has 0 saturated heterocycles. The van der Waals surface area contributed by atoms with Gasteiger partial charge >= 0.3 is 5.97 Å². The molecule has 114 valence electrons. The standard InChI is InChI=1S/C15H20N2O3S/c1-4-20-8-11(3)17-14-10(2)6-5-7-12(14)16-15(17)21-9-13(18)19/h5-7,11H,4,8-9H2,1-3H3,(H,18,19). The Labute approximate surface area is 128 Å². The highest BCUT2D eigenvalue weighted by atomic mass is 32.2. The molecule has 0 fully saturated rings. The van der Waals surface area contributed by atoms with Gasteiger partial charge in [-0.3, -0.25) is 4.79 Å². The molecular weight excluding hydrogens is 288 g/mol. The van der Waals surface area contributed by atoms with Gasteiger partial charge in [-0.05, 0) is 32.4 Å².